The highest BCUT2D eigenvalue weighted by Gasteiger charge is 2.10. The number of anilines is 1. The summed E-state index contributed by atoms with van der Waals surface area (Å²) >= 11 is 3.37. The van der Waals surface area contributed by atoms with Gasteiger partial charge >= 0.3 is 0 Å². The molecule has 0 saturated heterocycles. The number of carbonyl (C=O) groups excluding carboxylic acids is 1. The molecule has 0 aliphatic rings. The second-order valence-electron chi connectivity index (χ2n) is 5.25. The summed E-state index contributed by atoms with van der Waals surface area (Å²) in [7, 11) is -3.77. The number of rotatable bonds is 5. The molecule has 3 rings (SSSR count). The topological polar surface area (TPSA) is 124 Å². The van der Waals surface area contributed by atoms with Crippen molar-refractivity contribution in [2.75, 3.05) is 11.9 Å². The van der Waals surface area contributed by atoms with Crippen LogP contribution in [0.4, 0.5) is 5.69 Å². The number of halogens is 1. The predicted molar refractivity (Wildman–Crippen MR) is 99.2 cm³/mol. The largest absolute Gasteiger partial charge is 0.467 e. The summed E-state index contributed by atoms with van der Waals surface area (Å²) in [6, 6.07) is 10.9. The molecule has 3 aromatic rings. The van der Waals surface area contributed by atoms with Crippen LogP contribution < -0.4 is 15.2 Å². The van der Waals surface area contributed by atoms with Crippen LogP contribution in [0.5, 0.6) is 5.88 Å². The van der Waals surface area contributed by atoms with Crippen LogP contribution in [-0.2, 0) is 14.8 Å². The molecule has 0 saturated carbocycles. The summed E-state index contributed by atoms with van der Waals surface area (Å²) < 4.78 is 28.7. The van der Waals surface area contributed by atoms with Gasteiger partial charge in [-0.25, -0.2) is 23.5 Å². The fourth-order valence-electron chi connectivity index (χ4n) is 2.18. The number of benzene rings is 2. The number of primary sulfonamides is 1. The first-order valence-corrected chi connectivity index (χ1v) is 9.62. The molecule has 3 N–H and O–H groups in total. The molecule has 10 heteroatoms. The molecule has 0 spiro atoms. The Morgan fingerprint density at radius 2 is 1.88 bits per heavy atom. The van der Waals surface area contributed by atoms with Crippen molar-refractivity contribution < 1.29 is 17.9 Å². The van der Waals surface area contributed by atoms with E-state index >= 15 is 0 Å². The molecule has 134 valence electrons. The van der Waals surface area contributed by atoms with E-state index in [1.54, 1.807) is 12.1 Å². The summed E-state index contributed by atoms with van der Waals surface area (Å²) in [6.07, 6.45) is 1.36. The minimum atomic E-state index is -3.77. The molecule has 26 heavy (non-hydrogen) atoms. The first kappa shape index (κ1) is 18.2. The molecule has 0 aliphatic heterocycles. The SMILES string of the molecule is NS(=O)(=O)c1ccc(NC(=O)COc2ncnc3ccc(Br)cc23)cc1. The van der Waals surface area contributed by atoms with Gasteiger partial charge in [0.2, 0.25) is 15.9 Å². The number of carbonyl (C=O) groups is 1. The number of hydrogen-bond acceptors (Lipinski definition) is 6. The van der Waals surface area contributed by atoms with Crippen molar-refractivity contribution in [2.24, 2.45) is 5.14 Å². The Balaban J connectivity index is 1.67. The summed E-state index contributed by atoms with van der Waals surface area (Å²) in [5.74, 6) is -0.133. The first-order valence-electron chi connectivity index (χ1n) is 7.29. The molecule has 0 unspecified atom stereocenters. The standard InChI is InChI=1S/C16H13BrN4O4S/c17-10-1-6-14-13(7-10)16(20-9-19-14)25-8-15(22)21-11-2-4-12(5-3-11)26(18,23)24/h1-7,9H,8H2,(H,21,22)(H2,18,23,24). The molecule has 8 nitrogen and oxygen atoms in total. The smallest absolute Gasteiger partial charge is 0.262 e. The molecule has 0 radical (unpaired) electrons. The van der Waals surface area contributed by atoms with Crippen molar-refractivity contribution in [3.63, 3.8) is 0 Å². The van der Waals surface area contributed by atoms with Crippen LogP contribution in [0.2, 0.25) is 0 Å². The van der Waals surface area contributed by atoms with Crippen LogP contribution in [-0.4, -0.2) is 30.9 Å². The summed E-state index contributed by atoms with van der Waals surface area (Å²) in [5, 5.41) is 8.30. The van der Waals surface area contributed by atoms with Crippen LogP contribution in [0.1, 0.15) is 0 Å². The van der Waals surface area contributed by atoms with Crippen LogP contribution in [0.15, 0.2) is 58.2 Å². The Bertz CT molecular complexity index is 1070. The quantitative estimate of drug-likeness (QED) is 0.630. The number of amides is 1. The third-order valence-corrected chi connectivity index (χ3v) is 4.79. The minimum Gasteiger partial charge on any atom is -0.467 e. The van der Waals surface area contributed by atoms with Gasteiger partial charge in [-0.3, -0.25) is 4.79 Å². The molecule has 1 heterocycles. The van der Waals surface area contributed by atoms with E-state index in [4.69, 9.17) is 9.88 Å². The second-order valence-corrected chi connectivity index (χ2v) is 7.72. The third-order valence-electron chi connectivity index (χ3n) is 3.37. The number of sulfonamides is 1. The number of nitrogens with zero attached hydrogens (tertiary/aromatic N) is 2. The van der Waals surface area contributed by atoms with Gasteiger partial charge in [-0.15, -0.1) is 0 Å². The Labute approximate surface area is 157 Å². The average molecular weight is 437 g/mol. The molecule has 0 atom stereocenters. The number of aromatic nitrogens is 2. The van der Waals surface area contributed by atoms with Crippen molar-refractivity contribution in [2.45, 2.75) is 4.90 Å². The highest BCUT2D eigenvalue weighted by Crippen LogP contribution is 2.24. The van der Waals surface area contributed by atoms with E-state index in [0.29, 0.717) is 16.6 Å². The zero-order chi connectivity index (χ0) is 18.7. The average Bonchev–Trinajstić information content (AvgIpc) is 2.59. The van der Waals surface area contributed by atoms with E-state index < -0.39 is 15.9 Å². The molecule has 1 aromatic heterocycles. The molecule has 0 aliphatic carbocycles. The van der Waals surface area contributed by atoms with Crippen molar-refractivity contribution in [1.29, 1.82) is 0 Å². The predicted octanol–water partition coefficient (Wildman–Crippen LogP) is 2.06. The van der Waals surface area contributed by atoms with Gasteiger partial charge in [0.15, 0.2) is 6.61 Å². The number of ether oxygens (including phenoxy) is 1. The van der Waals surface area contributed by atoms with Gasteiger partial charge in [0, 0.05) is 10.2 Å². The lowest BCUT2D eigenvalue weighted by Crippen LogP contribution is -2.20. The molecule has 2 aromatic carbocycles. The van der Waals surface area contributed by atoms with E-state index in [-0.39, 0.29) is 17.4 Å². The maximum atomic E-state index is 12.0. The number of fused-ring (bicyclic) bond motifs is 1. The maximum absolute atomic E-state index is 12.0. The van der Waals surface area contributed by atoms with Crippen molar-refractivity contribution in [3.8, 4) is 5.88 Å². The summed E-state index contributed by atoms with van der Waals surface area (Å²) in [5.41, 5.74) is 1.11. The van der Waals surface area contributed by atoms with E-state index in [2.05, 4.69) is 31.2 Å². The van der Waals surface area contributed by atoms with Gasteiger partial charge in [-0.2, -0.15) is 0 Å². The molecule has 0 fully saturated rings. The Morgan fingerprint density at radius 3 is 2.58 bits per heavy atom. The number of nitrogens with two attached hydrogens (primary N) is 1. The Morgan fingerprint density at radius 1 is 1.15 bits per heavy atom. The van der Waals surface area contributed by atoms with Gasteiger partial charge in [-0.05, 0) is 42.5 Å². The van der Waals surface area contributed by atoms with Crippen LogP contribution >= 0.6 is 15.9 Å². The van der Waals surface area contributed by atoms with Crippen molar-refractivity contribution in [3.05, 3.63) is 53.3 Å². The second kappa shape index (κ2) is 7.36. The van der Waals surface area contributed by atoms with Gasteiger partial charge in [-0.1, -0.05) is 15.9 Å². The highest BCUT2D eigenvalue weighted by atomic mass is 79.9. The fraction of sp³-hybridized carbons (Fsp3) is 0.0625. The number of nitrogens with one attached hydrogen (secondary N) is 1. The van der Waals surface area contributed by atoms with E-state index in [0.717, 1.165) is 4.47 Å². The van der Waals surface area contributed by atoms with Gasteiger partial charge in [0.25, 0.3) is 5.91 Å². The summed E-state index contributed by atoms with van der Waals surface area (Å²) in [4.78, 5) is 20.2. The number of hydrogen-bond donors (Lipinski definition) is 2. The third kappa shape index (κ3) is 4.34. The zero-order valence-electron chi connectivity index (χ0n) is 13.2. The monoisotopic (exact) mass is 436 g/mol. The lowest BCUT2D eigenvalue weighted by molar-refractivity contribution is -0.118. The first-order chi connectivity index (χ1) is 12.3. The molecule has 1 amide bonds. The van der Waals surface area contributed by atoms with E-state index in [1.165, 1.54) is 30.6 Å². The van der Waals surface area contributed by atoms with Crippen LogP contribution in [0.25, 0.3) is 10.9 Å². The van der Waals surface area contributed by atoms with Gasteiger partial charge in [0.1, 0.15) is 6.33 Å². The van der Waals surface area contributed by atoms with E-state index in [9.17, 15) is 13.2 Å². The molecular weight excluding hydrogens is 424 g/mol. The van der Waals surface area contributed by atoms with Crippen LogP contribution in [0.3, 0.4) is 0 Å². The fourth-order valence-corrected chi connectivity index (χ4v) is 3.06. The van der Waals surface area contributed by atoms with Gasteiger partial charge in [0.05, 0.1) is 15.8 Å². The lowest BCUT2D eigenvalue weighted by atomic mass is 10.2. The van der Waals surface area contributed by atoms with E-state index in [1.807, 2.05) is 6.07 Å². The molecular formula is C16H13BrN4O4S. The summed E-state index contributed by atoms with van der Waals surface area (Å²) in [6.45, 7) is -0.268. The Hall–Kier alpha value is -2.56. The van der Waals surface area contributed by atoms with Crippen molar-refractivity contribution in [1.82, 2.24) is 9.97 Å². The molecule has 0 bridgehead atoms. The lowest BCUT2D eigenvalue weighted by Gasteiger charge is -2.09. The van der Waals surface area contributed by atoms with Gasteiger partial charge < -0.3 is 10.1 Å². The Kier molecular flexibility index (Phi) is 5.16. The zero-order valence-corrected chi connectivity index (χ0v) is 15.6. The van der Waals surface area contributed by atoms with Crippen molar-refractivity contribution >= 4 is 48.5 Å². The maximum Gasteiger partial charge on any atom is 0.262 e. The van der Waals surface area contributed by atoms with Crippen LogP contribution in [0, 0.1) is 0 Å². The normalized spacial score (nSPS) is 11.3. The highest BCUT2D eigenvalue weighted by molar-refractivity contribution is 9.10. The minimum absolute atomic E-state index is 0.0372.